The highest BCUT2D eigenvalue weighted by Crippen LogP contribution is 2.26. The molecule has 0 saturated carbocycles. The number of hydrogen-bond acceptors (Lipinski definition) is 3. The Morgan fingerprint density at radius 1 is 0.964 bits per heavy atom. The molecule has 28 heavy (non-hydrogen) atoms. The van der Waals surface area contributed by atoms with Gasteiger partial charge in [-0.3, -0.25) is 4.79 Å². The molecule has 0 unspecified atom stereocenters. The van der Waals surface area contributed by atoms with E-state index in [0.717, 1.165) is 29.5 Å². The van der Waals surface area contributed by atoms with Gasteiger partial charge in [0.15, 0.2) is 0 Å². The van der Waals surface area contributed by atoms with Gasteiger partial charge in [0.2, 0.25) is 5.91 Å². The van der Waals surface area contributed by atoms with Gasteiger partial charge < -0.3 is 20.0 Å². The zero-order valence-corrected chi connectivity index (χ0v) is 16.3. The largest absolute Gasteiger partial charge is 0.367 e. The molecule has 6 nitrogen and oxygen atoms in total. The standard InChI is InChI=1S/C21H23ClN4O2/c22-18-8-4-5-9-19(18)24-10-12-25(13-11-24)21(28)23-16-14-20(27)26(15-16)17-6-2-1-3-7-17/h1-9,16H,10-15H2,(H,23,28)/t16-/m0/s1. The zero-order valence-electron chi connectivity index (χ0n) is 15.6. The molecule has 2 saturated heterocycles. The monoisotopic (exact) mass is 398 g/mol. The van der Waals surface area contributed by atoms with Gasteiger partial charge in [0.1, 0.15) is 0 Å². The maximum absolute atomic E-state index is 12.7. The van der Waals surface area contributed by atoms with Crippen molar-refractivity contribution in [3.8, 4) is 0 Å². The summed E-state index contributed by atoms with van der Waals surface area (Å²) in [6.45, 7) is 3.22. The molecule has 1 N–H and O–H groups in total. The van der Waals surface area contributed by atoms with Crippen LogP contribution in [0.3, 0.4) is 0 Å². The molecule has 0 spiro atoms. The molecule has 2 aliphatic rings. The third-order valence-electron chi connectivity index (χ3n) is 5.28. The van der Waals surface area contributed by atoms with Crippen LogP contribution in [0.4, 0.5) is 16.2 Å². The van der Waals surface area contributed by atoms with Crippen LogP contribution in [0.15, 0.2) is 54.6 Å². The molecule has 2 aromatic rings. The van der Waals surface area contributed by atoms with E-state index in [1.165, 1.54) is 0 Å². The van der Waals surface area contributed by atoms with Gasteiger partial charge in [0.25, 0.3) is 0 Å². The van der Waals surface area contributed by atoms with E-state index in [1.54, 1.807) is 4.90 Å². The Morgan fingerprint density at radius 3 is 2.36 bits per heavy atom. The van der Waals surface area contributed by atoms with Crippen molar-refractivity contribution in [1.29, 1.82) is 0 Å². The van der Waals surface area contributed by atoms with Crippen molar-refractivity contribution in [1.82, 2.24) is 10.2 Å². The summed E-state index contributed by atoms with van der Waals surface area (Å²) in [5, 5.41) is 3.75. The normalized spacial score (nSPS) is 19.8. The predicted octanol–water partition coefficient (Wildman–Crippen LogP) is 2.98. The average molecular weight is 399 g/mol. The van der Waals surface area contributed by atoms with Crippen LogP contribution in [0.5, 0.6) is 0 Å². The maximum Gasteiger partial charge on any atom is 0.317 e. The molecular formula is C21H23ClN4O2. The lowest BCUT2D eigenvalue weighted by atomic mass is 10.2. The summed E-state index contributed by atoms with van der Waals surface area (Å²) in [5.74, 6) is 0.0417. The number of amides is 3. The van der Waals surface area contributed by atoms with E-state index in [1.807, 2.05) is 59.5 Å². The third kappa shape index (κ3) is 3.92. The lowest BCUT2D eigenvalue weighted by Crippen LogP contribution is -2.54. The van der Waals surface area contributed by atoms with Gasteiger partial charge in [-0.25, -0.2) is 4.79 Å². The molecule has 7 heteroatoms. The second-order valence-corrected chi connectivity index (χ2v) is 7.52. The number of nitrogens with one attached hydrogen (secondary N) is 1. The van der Waals surface area contributed by atoms with Crippen molar-refractivity contribution in [2.24, 2.45) is 0 Å². The van der Waals surface area contributed by atoms with E-state index in [4.69, 9.17) is 11.6 Å². The van der Waals surface area contributed by atoms with Gasteiger partial charge in [-0.15, -0.1) is 0 Å². The topological polar surface area (TPSA) is 55.9 Å². The van der Waals surface area contributed by atoms with Gasteiger partial charge in [-0.2, -0.15) is 0 Å². The predicted molar refractivity (Wildman–Crippen MR) is 111 cm³/mol. The third-order valence-corrected chi connectivity index (χ3v) is 5.60. The molecule has 2 aliphatic heterocycles. The molecule has 146 valence electrons. The van der Waals surface area contributed by atoms with Crippen molar-refractivity contribution in [3.05, 3.63) is 59.6 Å². The highest BCUT2D eigenvalue weighted by atomic mass is 35.5. The number of piperazine rings is 1. The zero-order chi connectivity index (χ0) is 19.5. The van der Waals surface area contributed by atoms with Gasteiger partial charge in [0.05, 0.1) is 16.8 Å². The molecule has 3 amide bonds. The number of nitrogens with zero attached hydrogens (tertiary/aromatic N) is 3. The van der Waals surface area contributed by atoms with Crippen molar-refractivity contribution in [3.63, 3.8) is 0 Å². The Morgan fingerprint density at radius 2 is 1.64 bits per heavy atom. The van der Waals surface area contributed by atoms with E-state index in [-0.39, 0.29) is 18.0 Å². The molecule has 0 aromatic heterocycles. The van der Waals surface area contributed by atoms with E-state index >= 15 is 0 Å². The van der Waals surface area contributed by atoms with Crippen molar-refractivity contribution in [2.75, 3.05) is 42.5 Å². The fourth-order valence-corrected chi connectivity index (χ4v) is 4.04. The number of carbonyl (C=O) groups is 2. The number of urea groups is 1. The van der Waals surface area contributed by atoms with Crippen LogP contribution >= 0.6 is 11.6 Å². The summed E-state index contributed by atoms with van der Waals surface area (Å²) in [6, 6.07) is 17.1. The molecular weight excluding hydrogens is 376 g/mol. The summed E-state index contributed by atoms with van der Waals surface area (Å²) in [6.07, 6.45) is 0.334. The number of rotatable bonds is 3. The summed E-state index contributed by atoms with van der Waals surface area (Å²) in [5.41, 5.74) is 1.88. The fraction of sp³-hybridized carbons (Fsp3) is 0.333. The molecule has 1 atom stereocenters. The Bertz CT molecular complexity index is 852. The molecule has 2 fully saturated rings. The first-order valence-corrected chi connectivity index (χ1v) is 9.90. The highest BCUT2D eigenvalue weighted by Gasteiger charge is 2.33. The van der Waals surface area contributed by atoms with Crippen LogP contribution in [0, 0.1) is 0 Å². The second-order valence-electron chi connectivity index (χ2n) is 7.12. The lowest BCUT2D eigenvalue weighted by Gasteiger charge is -2.36. The van der Waals surface area contributed by atoms with Crippen molar-refractivity contribution in [2.45, 2.75) is 12.5 Å². The Hall–Kier alpha value is -2.73. The van der Waals surface area contributed by atoms with Crippen LogP contribution in [0.1, 0.15) is 6.42 Å². The number of halogens is 1. The number of para-hydroxylation sites is 2. The van der Waals surface area contributed by atoms with Gasteiger partial charge in [0, 0.05) is 44.8 Å². The van der Waals surface area contributed by atoms with Gasteiger partial charge in [-0.05, 0) is 24.3 Å². The first-order chi connectivity index (χ1) is 13.6. The Kier molecular flexibility index (Phi) is 5.39. The van der Waals surface area contributed by atoms with Crippen LogP contribution in [0.2, 0.25) is 5.02 Å². The van der Waals surface area contributed by atoms with Crippen LogP contribution in [0.25, 0.3) is 0 Å². The smallest absolute Gasteiger partial charge is 0.317 e. The number of hydrogen-bond donors (Lipinski definition) is 1. The minimum absolute atomic E-state index is 0.0417. The Labute approximate surface area is 169 Å². The van der Waals surface area contributed by atoms with Crippen LogP contribution in [-0.2, 0) is 4.79 Å². The van der Waals surface area contributed by atoms with Crippen molar-refractivity contribution < 1.29 is 9.59 Å². The molecule has 4 rings (SSSR count). The van der Waals surface area contributed by atoms with Crippen molar-refractivity contribution >= 4 is 34.9 Å². The first-order valence-electron chi connectivity index (χ1n) is 9.52. The highest BCUT2D eigenvalue weighted by molar-refractivity contribution is 6.33. The summed E-state index contributed by atoms with van der Waals surface area (Å²) in [4.78, 5) is 30.7. The van der Waals surface area contributed by atoms with E-state index in [9.17, 15) is 9.59 Å². The van der Waals surface area contributed by atoms with Gasteiger partial charge in [-0.1, -0.05) is 41.9 Å². The first kappa shape index (κ1) is 18.6. The van der Waals surface area contributed by atoms with Crippen LogP contribution in [-0.4, -0.2) is 55.6 Å². The van der Waals surface area contributed by atoms with E-state index in [2.05, 4.69) is 10.2 Å². The summed E-state index contributed by atoms with van der Waals surface area (Å²) >= 11 is 6.28. The number of carbonyl (C=O) groups excluding carboxylic acids is 2. The molecule has 0 aliphatic carbocycles. The maximum atomic E-state index is 12.7. The SMILES string of the molecule is O=C(N[C@H]1CC(=O)N(c2ccccc2)C1)N1CCN(c2ccccc2Cl)CC1. The molecule has 0 radical (unpaired) electrons. The molecule has 2 aromatic carbocycles. The van der Waals surface area contributed by atoms with E-state index in [0.29, 0.717) is 26.1 Å². The quantitative estimate of drug-likeness (QED) is 0.864. The summed E-state index contributed by atoms with van der Waals surface area (Å²) < 4.78 is 0. The minimum Gasteiger partial charge on any atom is -0.367 e. The average Bonchev–Trinajstić information content (AvgIpc) is 3.09. The van der Waals surface area contributed by atoms with Crippen LogP contribution < -0.4 is 15.1 Å². The van der Waals surface area contributed by atoms with Gasteiger partial charge >= 0.3 is 6.03 Å². The summed E-state index contributed by atoms with van der Waals surface area (Å²) in [7, 11) is 0. The second kappa shape index (κ2) is 8.10. The minimum atomic E-state index is -0.165. The molecule has 2 heterocycles. The number of anilines is 2. The van der Waals surface area contributed by atoms with E-state index < -0.39 is 0 Å². The lowest BCUT2D eigenvalue weighted by molar-refractivity contribution is -0.117. The molecule has 0 bridgehead atoms. The number of benzene rings is 2. The fourth-order valence-electron chi connectivity index (χ4n) is 3.79. The Balaban J connectivity index is 1.31.